The van der Waals surface area contributed by atoms with E-state index >= 15 is 0 Å². The highest BCUT2D eigenvalue weighted by Gasteiger charge is 2.29. The van der Waals surface area contributed by atoms with Crippen molar-refractivity contribution in [3.05, 3.63) is 64.4 Å². The maximum Gasteiger partial charge on any atom is 0.413 e. The number of carbonyl (C=O) groups is 2. The number of carbonyl (C=O) groups excluding carboxylic acids is 2. The number of nitrogens with zero attached hydrogens (tertiary/aromatic N) is 1. The van der Waals surface area contributed by atoms with Crippen molar-refractivity contribution in [1.82, 2.24) is 10.2 Å². The van der Waals surface area contributed by atoms with E-state index in [1.807, 2.05) is 30.3 Å². The predicted octanol–water partition coefficient (Wildman–Crippen LogP) is 4.31. The number of hydrogen-bond donors (Lipinski definition) is 1. The van der Waals surface area contributed by atoms with Gasteiger partial charge >= 0.3 is 12.1 Å². The van der Waals surface area contributed by atoms with E-state index in [1.54, 1.807) is 6.26 Å². The van der Waals surface area contributed by atoms with Gasteiger partial charge in [-0.25, -0.2) is 9.59 Å². The molecule has 2 atom stereocenters. The van der Waals surface area contributed by atoms with Crippen LogP contribution < -0.4 is 10.1 Å². The molecule has 0 spiro atoms. The van der Waals surface area contributed by atoms with Crippen LogP contribution in [0.1, 0.15) is 29.5 Å². The Morgan fingerprint density at radius 1 is 1.25 bits per heavy atom. The third-order valence-corrected chi connectivity index (χ3v) is 6.10. The number of fused-ring (bicyclic) bond motifs is 2. The summed E-state index contributed by atoms with van der Waals surface area (Å²) in [7, 11) is 3.34. The number of methoxy groups -OCH3 is 1. The van der Waals surface area contributed by atoms with Crippen LogP contribution in [-0.4, -0.2) is 50.3 Å². The molecule has 3 aliphatic rings. The smallest absolute Gasteiger partial charge is 0.413 e. The topological polar surface area (TPSA) is 81.0 Å². The number of nitrogens with one attached hydrogen (secondary N) is 1. The second kappa shape index (κ2) is 9.22. The van der Waals surface area contributed by atoms with Crippen molar-refractivity contribution in [3.8, 4) is 17.1 Å². The molecule has 2 heterocycles. The Morgan fingerprint density at radius 2 is 2.06 bits per heavy atom. The summed E-state index contributed by atoms with van der Waals surface area (Å²) in [5, 5.41) is 2.79. The summed E-state index contributed by atoms with van der Waals surface area (Å²) in [4.78, 5) is 26.2. The molecule has 1 N–H and O–H groups in total. The molecule has 0 saturated heterocycles. The number of ether oxygens (including phenoxy) is 2. The van der Waals surface area contributed by atoms with Gasteiger partial charge in [-0.05, 0) is 55.8 Å². The molecule has 168 valence electrons. The second-order valence-corrected chi connectivity index (χ2v) is 8.42. The molecule has 4 rings (SSSR count). The highest BCUT2D eigenvalue weighted by atomic mass is 35.5. The van der Waals surface area contributed by atoms with Gasteiger partial charge in [0.2, 0.25) is 0 Å². The monoisotopic (exact) mass is 456 g/mol. The fraction of sp³-hybridized carbons (Fsp3) is 0.333. The van der Waals surface area contributed by atoms with Crippen LogP contribution in [0.25, 0.3) is 11.3 Å². The van der Waals surface area contributed by atoms with Gasteiger partial charge < -0.3 is 24.1 Å². The van der Waals surface area contributed by atoms with Crippen LogP contribution in [-0.2, 0) is 16.0 Å². The van der Waals surface area contributed by atoms with E-state index in [-0.39, 0.29) is 11.7 Å². The largest absolute Gasteiger partial charge is 0.467 e. The van der Waals surface area contributed by atoms with Gasteiger partial charge in [0, 0.05) is 30.1 Å². The number of halogens is 1. The Morgan fingerprint density at radius 3 is 2.84 bits per heavy atom. The van der Waals surface area contributed by atoms with E-state index in [2.05, 4.69) is 28.1 Å². The lowest BCUT2D eigenvalue weighted by Crippen LogP contribution is -2.40. The summed E-state index contributed by atoms with van der Waals surface area (Å²) in [5.41, 5.74) is 4.25. The molecule has 0 radical (unpaired) electrons. The number of esters is 1. The SMILES string of the molecule is COC(=O)C(C)NC(=O)Oc1cc2c(cc1Cl)CCN(C)CC2c1ccc2cccoc1-2. The number of benzene rings is 1. The molecule has 7 nitrogen and oxygen atoms in total. The molecule has 1 aromatic carbocycles. The minimum absolute atomic E-state index is 0.0119. The standard InChI is InChI=1S/C24H25ClN2O5/c1-14(23(28)30-3)26-24(29)32-21-12-18-16(11-20(21)25)8-9-27(2)13-19(18)17-7-6-15-5-4-10-31-22(15)17/h4-7,10-12,14,19H,8-9,13H2,1-3H3,(H,26,29). The van der Waals surface area contributed by atoms with Crippen molar-refractivity contribution in [3.63, 3.8) is 0 Å². The number of likely N-dealkylation sites (N-methyl/N-ethyl adjacent to an activating group) is 1. The minimum Gasteiger partial charge on any atom is -0.467 e. The molecule has 0 aromatic heterocycles. The van der Waals surface area contributed by atoms with E-state index < -0.39 is 18.1 Å². The molecule has 2 unspecified atom stereocenters. The second-order valence-electron chi connectivity index (χ2n) is 8.01. The van der Waals surface area contributed by atoms with Crippen LogP contribution in [0.3, 0.4) is 0 Å². The summed E-state index contributed by atoms with van der Waals surface area (Å²) in [6, 6.07) is 10.9. The average Bonchev–Trinajstić information content (AvgIpc) is 3.14. The number of hydrogen-bond acceptors (Lipinski definition) is 6. The quantitative estimate of drug-likeness (QED) is 0.589. The highest BCUT2D eigenvalue weighted by molar-refractivity contribution is 6.32. The van der Waals surface area contributed by atoms with Crippen LogP contribution in [0.4, 0.5) is 4.79 Å². The Labute approximate surface area is 191 Å². The first kappa shape index (κ1) is 22.2. The van der Waals surface area contributed by atoms with Gasteiger partial charge in [-0.15, -0.1) is 0 Å². The lowest BCUT2D eigenvalue weighted by Gasteiger charge is -2.22. The summed E-state index contributed by atoms with van der Waals surface area (Å²) in [6.45, 7) is 3.18. The van der Waals surface area contributed by atoms with Crippen LogP contribution >= 0.6 is 11.6 Å². The number of rotatable bonds is 4. The zero-order valence-corrected chi connectivity index (χ0v) is 18.9. The zero-order valence-electron chi connectivity index (χ0n) is 18.2. The van der Waals surface area contributed by atoms with E-state index in [9.17, 15) is 9.59 Å². The normalized spacial score (nSPS) is 17.3. The third-order valence-electron chi connectivity index (χ3n) is 5.80. The van der Waals surface area contributed by atoms with E-state index in [4.69, 9.17) is 20.8 Å². The average molecular weight is 457 g/mol. The fourth-order valence-electron chi connectivity index (χ4n) is 4.14. The Hall–Kier alpha value is -3.03. The van der Waals surface area contributed by atoms with Crippen molar-refractivity contribution in [2.24, 2.45) is 0 Å². The molecule has 1 aromatic rings. The molecule has 2 aliphatic heterocycles. The summed E-state index contributed by atoms with van der Waals surface area (Å²) >= 11 is 6.46. The molecule has 32 heavy (non-hydrogen) atoms. The van der Waals surface area contributed by atoms with Crippen molar-refractivity contribution >= 4 is 23.7 Å². The van der Waals surface area contributed by atoms with Crippen molar-refractivity contribution in [2.75, 3.05) is 27.2 Å². The Bertz CT molecular complexity index is 1110. The van der Waals surface area contributed by atoms with E-state index in [0.717, 1.165) is 47.5 Å². The maximum absolute atomic E-state index is 12.3. The van der Waals surface area contributed by atoms with Crippen LogP contribution in [0, 0.1) is 0 Å². The first-order valence-electron chi connectivity index (χ1n) is 10.4. The lowest BCUT2D eigenvalue weighted by atomic mass is 9.88. The van der Waals surface area contributed by atoms with Gasteiger partial charge in [-0.1, -0.05) is 23.7 Å². The Balaban J connectivity index is 1.68. The molecule has 0 saturated carbocycles. The van der Waals surface area contributed by atoms with Gasteiger partial charge in [0.05, 0.1) is 18.4 Å². The van der Waals surface area contributed by atoms with Gasteiger partial charge in [-0.2, -0.15) is 0 Å². The molecule has 8 heteroatoms. The maximum atomic E-state index is 12.3. The zero-order chi connectivity index (χ0) is 22.8. The van der Waals surface area contributed by atoms with Crippen molar-refractivity contribution in [1.29, 1.82) is 0 Å². The lowest BCUT2D eigenvalue weighted by molar-refractivity contribution is -0.142. The summed E-state index contributed by atoms with van der Waals surface area (Å²) < 4.78 is 15.9. The van der Waals surface area contributed by atoms with Crippen molar-refractivity contribution < 1.29 is 23.5 Å². The van der Waals surface area contributed by atoms with Gasteiger partial charge in [0.25, 0.3) is 0 Å². The highest BCUT2D eigenvalue weighted by Crippen LogP contribution is 2.41. The molecule has 0 fully saturated rings. The van der Waals surface area contributed by atoms with Crippen molar-refractivity contribution in [2.45, 2.75) is 25.3 Å². The first-order chi connectivity index (χ1) is 15.4. The van der Waals surface area contributed by atoms with Gasteiger partial charge in [-0.3, -0.25) is 0 Å². The van der Waals surface area contributed by atoms with E-state index in [1.165, 1.54) is 14.0 Å². The first-order valence-corrected chi connectivity index (χ1v) is 10.8. The van der Waals surface area contributed by atoms with Crippen LogP contribution in [0.15, 0.2) is 47.1 Å². The number of amides is 1. The van der Waals surface area contributed by atoms with E-state index in [0.29, 0.717) is 5.02 Å². The molecule has 1 amide bonds. The summed E-state index contributed by atoms with van der Waals surface area (Å²) in [5.74, 6) is 0.533. The summed E-state index contributed by atoms with van der Waals surface area (Å²) in [6.07, 6.45) is 1.72. The molecular weight excluding hydrogens is 432 g/mol. The Kier molecular flexibility index (Phi) is 6.39. The van der Waals surface area contributed by atoms with Gasteiger partial charge in [0.1, 0.15) is 11.8 Å². The minimum atomic E-state index is -0.842. The van der Waals surface area contributed by atoms with Crippen LogP contribution in [0.2, 0.25) is 5.02 Å². The molecular formula is C24H25ClN2O5. The van der Waals surface area contributed by atoms with Gasteiger partial charge in [0.15, 0.2) is 5.75 Å². The van der Waals surface area contributed by atoms with Crippen LogP contribution in [0.5, 0.6) is 5.75 Å². The molecule has 0 bridgehead atoms. The third kappa shape index (κ3) is 4.45. The molecule has 1 aliphatic carbocycles. The predicted molar refractivity (Wildman–Crippen MR) is 120 cm³/mol. The fourth-order valence-corrected chi connectivity index (χ4v) is 4.36.